The first-order valence-electron chi connectivity index (χ1n) is 12.1. The minimum absolute atomic E-state index is 0.0842. The molecule has 1 N–H and O–H groups in total. The van der Waals surface area contributed by atoms with Crippen LogP contribution in [0.5, 0.6) is 5.75 Å². The summed E-state index contributed by atoms with van der Waals surface area (Å²) < 4.78 is 5.39. The Morgan fingerprint density at radius 1 is 0.886 bits per heavy atom. The number of nitrogens with one attached hydrogen (secondary N) is 1. The van der Waals surface area contributed by atoms with Gasteiger partial charge in [0.25, 0.3) is 0 Å². The van der Waals surface area contributed by atoms with Gasteiger partial charge in [0.05, 0.1) is 13.5 Å². The van der Waals surface area contributed by atoms with Crippen LogP contribution in [-0.2, 0) is 29.0 Å². The zero-order valence-electron chi connectivity index (χ0n) is 21.2. The molecule has 0 saturated carbocycles. The molecule has 1 atom stereocenters. The van der Waals surface area contributed by atoms with Crippen LogP contribution >= 0.6 is 0 Å². The number of carbonyl (C=O) groups excluding carboxylic acids is 2. The van der Waals surface area contributed by atoms with Crippen LogP contribution in [0.4, 0.5) is 0 Å². The number of hydrogen-bond donors (Lipinski definition) is 1. The molecule has 0 saturated heterocycles. The third-order valence-corrected chi connectivity index (χ3v) is 5.88. The lowest BCUT2D eigenvalue weighted by molar-refractivity contribution is -0.140. The van der Waals surface area contributed by atoms with Gasteiger partial charge in [0.2, 0.25) is 11.8 Å². The van der Waals surface area contributed by atoms with Gasteiger partial charge in [-0.1, -0.05) is 86.1 Å². The number of hydrogen-bond acceptors (Lipinski definition) is 3. The quantitative estimate of drug-likeness (QED) is 0.429. The normalized spacial score (nSPS) is 11.7. The van der Waals surface area contributed by atoms with Crippen LogP contribution < -0.4 is 10.1 Å². The predicted molar refractivity (Wildman–Crippen MR) is 140 cm³/mol. The van der Waals surface area contributed by atoms with Gasteiger partial charge in [0.15, 0.2) is 0 Å². The van der Waals surface area contributed by atoms with Gasteiger partial charge < -0.3 is 15.0 Å². The number of amides is 2. The summed E-state index contributed by atoms with van der Waals surface area (Å²) in [5, 5.41) is 3.06. The van der Waals surface area contributed by atoms with Crippen molar-refractivity contribution in [2.75, 3.05) is 13.7 Å². The summed E-state index contributed by atoms with van der Waals surface area (Å²) in [6.45, 7) is 7.00. The van der Waals surface area contributed by atoms with Crippen LogP contribution in [0.1, 0.15) is 36.1 Å². The van der Waals surface area contributed by atoms with E-state index >= 15 is 0 Å². The largest absolute Gasteiger partial charge is 0.497 e. The Morgan fingerprint density at radius 2 is 1.57 bits per heavy atom. The Labute approximate surface area is 209 Å². The number of ether oxygens (including phenoxy) is 1. The van der Waals surface area contributed by atoms with Crippen molar-refractivity contribution in [2.24, 2.45) is 5.92 Å². The smallest absolute Gasteiger partial charge is 0.243 e. The lowest BCUT2D eigenvalue weighted by atomic mass is 10.0. The van der Waals surface area contributed by atoms with Gasteiger partial charge in [-0.3, -0.25) is 9.59 Å². The van der Waals surface area contributed by atoms with E-state index in [4.69, 9.17) is 4.74 Å². The van der Waals surface area contributed by atoms with Gasteiger partial charge in [0, 0.05) is 19.5 Å². The van der Waals surface area contributed by atoms with Crippen molar-refractivity contribution in [1.82, 2.24) is 10.2 Å². The van der Waals surface area contributed by atoms with E-state index < -0.39 is 6.04 Å². The van der Waals surface area contributed by atoms with E-state index in [9.17, 15) is 9.59 Å². The van der Waals surface area contributed by atoms with Crippen molar-refractivity contribution < 1.29 is 14.3 Å². The average molecular weight is 473 g/mol. The standard InChI is InChI=1S/C30H36N2O3/c1-22(2)20-31-30(34)28(18-24-11-6-5-7-12-24)32(21-26-14-9-15-27(17-26)35-4)29(33)19-25-13-8-10-23(3)16-25/h5-17,22,28H,18-21H2,1-4H3,(H,31,34)/t28-/m0/s1. The number of benzene rings is 3. The molecule has 0 radical (unpaired) electrons. The Morgan fingerprint density at radius 3 is 2.26 bits per heavy atom. The third-order valence-electron chi connectivity index (χ3n) is 5.88. The molecule has 3 aromatic rings. The first-order chi connectivity index (χ1) is 16.9. The van der Waals surface area contributed by atoms with E-state index in [1.807, 2.05) is 85.8 Å². The maximum Gasteiger partial charge on any atom is 0.243 e. The summed E-state index contributed by atoms with van der Waals surface area (Å²) in [7, 11) is 1.62. The van der Waals surface area contributed by atoms with E-state index in [1.54, 1.807) is 12.0 Å². The molecule has 5 nitrogen and oxygen atoms in total. The molecule has 3 rings (SSSR count). The van der Waals surface area contributed by atoms with Crippen LogP contribution in [0.25, 0.3) is 0 Å². The zero-order valence-corrected chi connectivity index (χ0v) is 21.2. The van der Waals surface area contributed by atoms with Gasteiger partial charge in [0.1, 0.15) is 11.8 Å². The monoisotopic (exact) mass is 472 g/mol. The van der Waals surface area contributed by atoms with E-state index in [2.05, 4.69) is 19.2 Å². The number of methoxy groups -OCH3 is 1. The van der Waals surface area contributed by atoms with Crippen molar-refractivity contribution in [2.45, 2.75) is 46.2 Å². The van der Waals surface area contributed by atoms with Crippen LogP contribution in [0.3, 0.4) is 0 Å². The summed E-state index contributed by atoms with van der Waals surface area (Å²) in [4.78, 5) is 29.0. The minimum Gasteiger partial charge on any atom is -0.497 e. The Bertz CT molecular complexity index is 1110. The molecule has 3 aromatic carbocycles. The maximum atomic E-state index is 13.8. The van der Waals surface area contributed by atoms with Crippen LogP contribution in [0.15, 0.2) is 78.9 Å². The first kappa shape index (κ1) is 26.0. The lowest BCUT2D eigenvalue weighted by Crippen LogP contribution is -2.51. The van der Waals surface area contributed by atoms with E-state index in [1.165, 1.54) is 0 Å². The van der Waals surface area contributed by atoms with Gasteiger partial charge in [-0.15, -0.1) is 0 Å². The van der Waals surface area contributed by atoms with Gasteiger partial charge in [-0.05, 0) is 41.7 Å². The molecule has 0 aliphatic carbocycles. The molecule has 2 amide bonds. The zero-order chi connectivity index (χ0) is 25.2. The van der Waals surface area contributed by atoms with Gasteiger partial charge >= 0.3 is 0 Å². The Balaban J connectivity index is 1.97. The molecule has 0 aliphatic rings. The second-order valence-corrected chi connectivity index (χ2v) is 9.38. The van der Waals surface area contributed by atoms with Crippen LogP contribution in [0.2, 0.25) is 0 Å². The highest BCUT2D eigenvalue weighted by atomic mass is 16.5. The molecule has 5 heteroatoms. The molecule has 184 valence electrons. The second kappa shape index (κ2) is 12.7. The lowest BCUT2D eigenvalue weighted by Gasteiger charge is -2.32. The maximum absolute atomic E-state index is 13.8. The fraction of sp³-hybridized carbons (Fsp3) is 0.333. The van der Waals surface area contributed by atoms with E-state index in [-0.39, 0.29) is 18.2 Å². The van der Waals surface area contributed by atoms with Crippen molar-refractivity contribution in [1.29, 1.82) is 0 Å². The summed E-state index contributed by atoms with van der Waals surface area (Å²) in [5.41, 5.74) is 3.96. The molecule has 0 spiro atoms. The van der Waals surface area contributed by atoms with Crippen molar-refractivity contribution in [3.05, 3.63) is 101 Å². The highest BCUT2D eigenvalue weighted by Crippen LogP contribution is 2.20. The van der Waals surface area contributed by atoms with Crippen molar-refractivity contribution in [3.8, 4) is 5.75 Å². The topological polar surface area (TPSA) is 58.6 Å². The molecular formula is C30H36N2O3. The SMILES string of the molecule is COc1cccc(CN(C(=O)Cc2cccc(C)c2)[C@@H](Cc2ccccc2)C(=O)NCC(C)C)c1. The van der Waals surface area contributed by atoms with E-state index in [0.717, 1.165) is 28.0 Å². The molecule has 35 heavy (non-hydrogen) atoms. The molecule has 0 fully saturated rings. The Hall–Kier alpha value is -3.60. The third kappa shape index (κ3) is 7.99. The molecule has 0 heterocycles. The van der Waals surface area contributed by atoms with Crippen molar-refractivity contribution >= 4 is 11.8 Å². The first-order valence-corrected chi connectivity index (χ1v) is 12.1. The number of rotatable bonds is 11. The predicted octanol–water partition coefficient (Wildman–Crippen LogP) is 4.96. The van der Waals surface area contributed by atoms with Gasteiger partial charge in [-0.25, -0.2) is 0 Å². The summed E-state index contributed by atoms with van der Waals surface area (Å²) in [6, 6.07) is 24.8. The van der Waals surface area contributed by atoms with E-state index in [0.29, 0.717) is 25.4 Å². The number of nitrogens with zero attached hydrogens (tertiary/aromatic N) is 1. The highest BCUT2D eigenvalue weighted by Gasteiger charge is 2.30. The number of carbonyl (C=O) groups is 2. The summed E-state index contributed by atoms with van der Waals surface area (Å²) in [6.07, 6.45) is 0.669. The molecule has 0 aromatic heterocycles. The molecule has 0 aliphatic heterocycles. The fourth-order valence-electron chi connectivity index (χ4n) is 4.04. The summed E-state index contributed by atoms with van der Waals surface area (Å²) >= 11 is 0. The second-order valence-electron chi connectivity index (χ2n) is 9.38. The molecular weight excluding hydrogens is 436 g/mol. The van der Waals surface area contributed by atoms with Crippen LogP contribution in [0, 0.1) is 12.8 Å². The minimum atomic E-state index is -0.639. The van der Waals surface area contributed by atoms with Crippen LogP contribution in [-0.4, -0.2) is 36.4 Å². The highest BCUT2D eigenvalue weighted by molar-refractivity contribution is 5.88. The fourth-order valence-corrected chi connectivity index (χ4v) is 4.04. The Kier molecular flexibility index (Phi) is 9.47. The molecule has 0 unspecified atom stereocenters. The van der Waals surface area contributed by atoms with Gasteiger partial charge in [-0.2, -0.15) is 0 Å². The number of aryl methyl sites for hydroxylation is 1. The summed E-state index contributed by atoms with van der Waals surface area (Å²) in [5.74, 6) is 0.811. The van der Waals surface area contributed by atoms with Crippen molar-refractivity contribution in [3.63, 3.8) is 0 Å². The average Bonchev–Trinajstić information content (AvgIpc) is 2.85. The molecule has 0 bridgehead atoms.